The minimum atomic E-state index is -0.451. The third kappa shape index (κ3) is 4.60. The van der Waals surface area contributed by atoms with Gasteiger partial charge in [-0.3, -0.25) is 23.5 Å². The molecule has 2 aromatic heterocycles. The molecule has 0 aromatic carbocycles. The molecule has 29 heavy (non-hydrogen) atoms. The van der Waals surface area contributed by atoms with E-state index in [1.807, 2.05) is 13.8 Å². The molecule has 0 unspecified atom stereocenters. The Hall–Kier alpha value is -2.42. The highest BCUT2D eigenvalue weighted by molar-refractivity contribution is 7.17. The van der Waals surface area contributed by atoms with E-state index in [9.17, 15) is 19.2 Å². The van der Waals surface area contributed by atoms with Gasteiger partial charge in [-0.05, 0) is 56.9 Å². The molecular weight excluding hydrogens is 392 g/mol. The van der Waals surface area contributed by atoms with Crippen LogP contribution in [0.3, 0.4) is 0 Å². The molecule has 2 amide bonds. The van der Waals surface area contributed by atoms with Crippen molar-refractivity contribution in [2.75, 3.05) is 7.05 Å². The first kappa shape index (κ1) is 21.3. The van der Waals surface area contributed by atoms with Gasteiger partial charge in [-0.15, -0.1) is 11.3 Å². The number of nitrogens with zero attached hydrogens (tertiary/aromatic N) is 2. The molecule has 0 bridgehead atoms. The van der Waals surface area contributed by atoms with Crippen LogP contribution in [0.5, 0.6) is 0 Å². The lowest BCUT2D eigenvalue weighted by Gasteiger charge is -2.27. The average molecular weight is 421 g/mol. The molecule has 0 aliphatic heterocycles. The van der Waals surface area contributed by atoms with Crippen molar-refractivity contribution in [1.29, 1.82) is 0 Å². The number of rotatable bonds is 6. The SMILES string of the molecule is CNC(=O)C1CCC(Cn2c(=O)c3sccc3n(CC(=O)NC(C)C)c2=O)CC1. The fourth-order valence-electron chi connectivity index (χ4n) is 4.03. The Morgan fingerprint density at radius 3 is 2.48 bits per heavy atom. The molecule has 0 atom stereocenters. The monoisotopic (exact) mass is 420 g/mol. The number of carbonyl (C=O) groups is 2. The van der Waals surface area contributed by atoms with E-state index in [4.69, 9.17) is 0 Å². The predicted octanol–water partition coefficient (Wildman–Crippen LogP) is 1.30. The predicted molar refractivity (Wildman–Crippen MR) is 113 cm³/mol. The van der Waals surface area contributed by atoms with Crippen LogP contribution in [0.15, 0.2) is 21.0 Å². The van der Waals surface area contributed by atoms with Gasteiger partial charge in [0.1, 0.15) is 11.2 Å². The van der Waals surface area contributed by atoms with Crippen LogP contribution >= 0.6 is 11.3 Å². The van der Waals surface area contributed by atoms with Crippen LogP contribution in [0.2, 0.25) is 0 Å². The third-order valence-corrected chi connectivity index (χ3v) is 6.38. The van der Waals surface area contributed by atoms with Crippen molar-refractivity contribution in [3.63, 3.8) is 0 Å². The Balaban J connectivity index is 1.87. The lowest BCUT2D eigenvalue weighted by Crippen LogP contribution is -2.44. The standard InChI is InChI=1S/C20H28N4O4S/c1-12(2)22-16(25)11-23-15-8-9-29-17(15)19(27)24(20(23)28)10-13-4-6-14(7-5-13)18(26)21-3/h8-9,12-14H,4-7,10-11H2,1-3H3,(H,21,26)(H,22,25). The van der Waals surface area contributed by atoms with E-state index >= 15 is 0 Å². The fourth-order valence-corrected chi connectivity index (χ4v) is 4.87. The van der Waals surface area contributed by atoms with Gasteiger partial charge in [-0.2, -0.15) is 0 Å². The van der Waals surface area contributed by atoms with Gasteiger partial charge in [0.05, 0.1) is 5.52 Å². The van der Waals surface area contributed by atoms with E-state index in [1.54, 1.807) is 18.5 Å². The fraction of sp³-hybridized carbons (Fsp3) is 0.600. The van der Waals surface area contributed by atoms with E-state index in [1.165, 1.54) is 20.5 Å². The lowest BCUT2D eigenvalue weighted by atomic mass is 9.81. The number of amides is 2. The molecule has 0 saturated heterocycles. The summed E-state index contributed by atoms with van der Waals surface area (Å²) < 4.78 is 3.15. The van der Waals surface area contributed by atoms with Crippen molar-refractivity contribution in [1.82, 2.24) is 19.8 Å². The summed E-state index contributed by atoms with van der Waals surface area (Å²) in [5.74, 6) is -0.0363. The van der Waals surface area contributed by atoms with Crippen LogP contribution in [0.4, 0.5) is 0 Å². The molecule has 1 saturated carbocycles. The quantitative estimate of drug-likeness (QED) is 0.735. The zero-order chi connectivity index (χ0) is 21.1. The molecule has 9 heteroatoms. The first-order valence-corrected chi connectivity index (χ1v) is 10.9. The van der Waals surface area contributed by atoms with Gasteiger partial charge in [0.15, 0.2) is 0 Å². The summed E-state index contributed by atoms with van der Waals surface area (Å²) >= 11 is 1.28. The Bertz CT molecular complexity index is 1010. The second-order valence-corrected chi connectivity index (χ2v) is 8.89. The van der Waals surface area contributed by atoms with Crippen molar-refractivity contribution < 1.29 is 9.59 Å². The summed E-state index contributed by atoms with van der Waals surface area (Å²) in [6, 6.07) is 1.68. The van der Waals surface area contributed by atoms with Gasteiger partial charge < -0.3 is 10.6 Å². The summed E-state index contributed by atoms with van der Waals surface area (Å²) in [6.07, 6.45) is 3.09. The number of aromatic nitrogens is 2. The van der Waals surface area contributed by atoms with Gasteiger partial charge >= 0.3 is 5.69 Å². The molecule has 2 aromatic rings. The van der Waals surface area contributed by atoms with E-state index in [0.29, 0.717) is 16.8 Å². The van der Waals surface area contributed by atoms with E-state index in [0.717, 1.165) is 25.7 Å². The highest BCUT2D eigenvalue weighted by Crippen LogP contribution is 2.29. The number of fused-ring (bicyclic) bond motifs is 1. The molecule has 0 radical (unpaired) electrons. The molecule has 3 rings (SSSR count). The number of nitrogens with one attached hydrogen (secondary N) is 2. The maximum absolute atomic E-state index is 13.1. The third-order valence-electron chi connectivity index (χ3n) is 5.49. The molecule has 0 spiro atoms. The first-order valence-electron chi connectivity index (χ1n) is 10.0. The second kappa shape index (κ2) is 8.94. The van der Waals surface area contributed by atoms with Crippen LogP contribution in [-0.2, 0) is 22.7 Å². The summed E-state index contributed by atoms with van der Waals surface area (Å²) in [4.78, 5) is 50.1. The maximum atomic E-state index is 13.1. The molecule has 158 valence electrons. The van der Waals surface area contributed by atoms with E-state index in [-0.39, 0.29) is 41.8 Å². The minimum Gasteiger partial charge on any atom is -0.359 e. The van der Waals surface area contributed by atoms with Gasteiger partial charge in [-0.1, -0.05) is 0 Å². The molecule has 1 fully saturated rings. The lowest BCUT2D eigenvalue weighted by molar-refractivity contribution is -0.125. The maximum Gasteiger partial charge on any atom is 0.332 e. The number of carbonyl (C=O) groups excluding carboxylic acids is 2. The van der Waals surface area contributed by atoms with Crippen molar-refractivity contribution in [3.05, 3.63) is 32.3 Å². The van der Waals surface area contributed by atoms with Crippen LogP contribution in [0.25, 0.3) is 10.2 Å². The van der Waals surface area contributed by atoms with Crippen LogP contribution in [0.1, 0.15) is 39.5 Å². The summed E-state index contributed by atoms with van der Waals surface area (Å²) in [7, 11) is 1.64. The van der Waals surface area contributed by atoms with Gasteiger partial charge in [-0.25, -0.2) is 4.79 Å². The van der Waals surface area contributed by atoms with E-state index in [2.05, 4.69) is 10.6 Å². The molecule has 1 aliphatic carbocycles. The van der Waals surface area contributed by atoms with Gasteiger partial charge in [0, 0.05) is 25.6 Å². The zero-order valence-corrected chi connectivity index (χ0v) is 17.9. The van der Waals surface area contributed by atoms with E-state index < -0.39 is 5.69 Å². The Morgan fingerprint density at radius 1 is 1.17 bits per heavy atom. The Morgan fingerprint density at radius 2 is 1.86 bits per heavy atom. The normalized spacial score (nSPS) is 19.4. The van der Waals surface area contributed by atoms with Gasteiger partial charge in [0.25, 0.3) is 5.56 Å². The second-order valence-electron chi connectivity index (χ2n) is 7.97. The summed E-state index contributed by atoms with van der Waals surface area (Å²) in [5, 5.41) is 7.25. The average Bonchev–Trinajstić information content (AvgIpc) is 3.17. The zero-order valence-electron chi connectivity index (χ0n) is 17.1. The molecule has 2 heterocycles. The molecule has 1 aliphatic rings. The molecule has 8 nitrogen and oxygen atoms in total. The van der Waals surface area contributed by atoms with Crippen LogP contribution in [0, 0.1) is 11.8 Å². The number of thiophene rings is 1. The van der Waals surface area contributed by atoms with Crippen LogP contribution < -0.4 is 21.9 Å². The Kier molecular flexibility index (Phi) is 6.56. The van der Waals surface area contributed by atoms with Crippen LogP contribution in [-0.4, -0.2) is 34.0 Å². The largest absolute Gasteiger partial charge is 0.359 e. The van der Waals surface area contributed by atoms with Gasteiger partial charge in [0.2, 0.25) is 11.8 Å². The highest BCUT2D eigenvalue weighted by atomic mass is 32.1. The van der Waals surface area contributed by atoms with Crippen molar-refractivity contribution in [2.24, 2.45) is 11.8 Å². The van der Waals surface area contributed by atoms with Crippen molar-refractivity contribution in [3.8, 4) is 0 Å². The first-order chi connectivity index (χ1) is 13.8. The Labute approximate surface area is 172 Å². The topological polar surface area (TPSA) is 102 Å². The number of hydrogen-bond donors (Lipinski definition) is 2. The minimum absolute atomic E-state index is 0.00383. The summed E-state index contributed by atoms with van der Waals surface area (Å²) in [6.45, 7) is 3.92. The summed E-state index contributed by atoms with van der Waals surface area (Å²) in [5.41, 5.74) is -0.245. The molecule has 2 N–H and O–H groups in total. The smallest absolute Gasteiger partial charge is 0.332 e. The highest BCUT2D eigenvalue weighted by Gasteiger charge is 2.27. The van der Waals surface area contributed by atoms with Crippen molar-refractivity contribution in [2.45, 2.75) is 58.7 Å². The molecular formula is C20H28N4O4S. The number of hydrogen-bond acceptors (Lipinski definition) is 5. The van der Waals surface area contributed by atoms with Crippen molar-refractivity contribution >= 4 is 33.4 Å².